The smallest absolute Gasteiger partial charge is 0.116 e. The first kappa shape index (κ1) is 14.5. The molecular weight excluding hydrogens is 312 g/mol. The van der Waals surface area contributed by atoms with Gasteiger partial charge in [0.1, 0.15) is 11.5 Å². The van der Waals surface area contributed by atoms with E-state index in [-0.39, 0.29) is 5.92 Å². The van der Waals surface area contributed by atoms with Gasteiger partial charge in [0, 0.05) is 39.6 Å². The second-order valence-corrected chi connectivity index (χ2v) is 7.02. The maximum Gasteiger partial charge on any atom is 0.116 e. The minimum atomic E-state index is 0.253. The van der Waals surface area contributed by atoms with Crippen molar-refractivity contribution >= 4 is 21.8 Å². The molecule has 0 saturated carbocycles. The lowest BCUT2D eigenvalue weighted by molar-refractivity contribution is 0.475. The molecular formula is C21H20N2O2. The molecule has 25 heavy (non-hydrogen) atoms. The Morgan fingerprint density at radius 3 is 2.48 bits per heavy atom. The zero-order valence-electron chi connectivity index (χ0n) is 13.8. The zero-order valence-corrected chi connectivity index (χ0v) is 13.8. The number of hydrogen-bond acceptors (Lipinski definition) is 2. The summed E-state index contributed by atoms with van der Waals surface area (Å²) >= 11 is 0. The van der Waals surface area contributed by atoms with E-state index in [0.717, 1.165) is 41.1 Å². The van der Waals surface area contributed by atoms with Crippen LogP contribution in [0.2, 0.25) is 0 Å². The van der Waals surface area contributed by atoms with Gasteiger partial charge in [-0.25, -0.2) is 0 Å². The van der Waals surface area contributed by atoms with Gasteiger partial charge >= 0.3 is 0 Å². The first-order valence-electron chi connectivity index (χ1n) is 8.84. The Bertz CT molecular complexity index is 1090. The summed E-state index contributed by atoms with van der Waals surface area (Å²) in [5, 5.41) is 22.1. The van der Waals surface area contributed by atoms with Gasteiger partial charge in [0.2, 0.25) is 0 Å². The summed E-state index contributed by atoms with van der Waals surface area (Å²) in [4.78, 5) is 6.91. The van der Waals surface area contributed by atoms with Crippen LogP contribution >= 0.6 is 0 Å². The lowest BCUT2D eigenvalue weighted by Gasteiger charge is -2.16. The minimum Gasteiger partial charge on any atom is -0.508 e. The number of nitrogens with one attached hydrogen (secondary N) is 2. The van der Waals surface area contributed by atoms with Gasteiger partial charge in [0.25, 0.3) is 0 Å². The van der Waals surface area contributed by atoms with Crippen LogP contribution < -0.4 is 0 Å². The van der Waals surface area contributed by atoms with Crippen LogP contribution in [-0.2, 0) is 6.42 Å². The van der Waals surface area contributed by atoms with Gasteiger partial charge in [-0.05, 0) is 66.8 Å². The summed E-state index contributed by atoms with van der Waals surface area (Å²) in [7, 11) is 0. The molecule has 0 amide bonds. The number of aromatic hydroxyl groups is 2. The van der Waals surface area contributed by atoms with Crippen molar-refractivity contribution in [2.45, 2.75) is 31.6 Å². The molecule has 5 rings (SSSR count). The van der Waals surface area contributed by atoms with Gasteiger partial charge in [-0.3, -0.25) is 0 Å². The average Bonchev–Trinajstić information content (AvgIpc) is 3.10. The van der Waals surface area contributed by atoms with Gasteiger partial charge in [-0.2, -0.15) is 0 Å². The van der Waals surface area contributed by atoms with Crippen molar-refractivity contribution in [3.05, 3.63) is 59.4 Å². The molecule has 4 N–H and O–H groups in total. The van der Waals surface area contributed by atoms with Crippen molar-refractivity contribution in [1.82, 2.24) is 9.97 Å². The van der Waals surface area contributed by atoms with Gasteiger partial charge in [-0.1, -0.05) is 6.42 Å². The average molecular weight is 332 g/mol. The highest BCUT2D eigenvalue weighted by Gasteiger charge is 2.26. The summed E-state index contributed by atoms with van der Waals surface area (Å²) in [6.07, 6.45) is 6.51. The molecule has 2 heterocycles. The van der Waals surface area contributed by atoms with Gasteiger partial charge in [0.05, 0.1) is 0 Å². The number of aromatic nitrogens is 2. The molecule has 0 aliphatic heterocycles. The Balaban J connectivity index is 1.78. The highest BCUT2D eigenvalue weighted by Crippen LogP contribution is 2.43. The van der Waals surface area contributed by atoms with E-state index in [9.17, 15) is 10.2 Å². The number of H-pyrrole nitrogens is 2. The van der Waals surface area contributed by atoms with Crippen LogP contribution in [0.3, 0.4) is 0 Å². The van der Waals surface area contributed by atoms with Crippen LogP contribution in [0.25, 0.3) is 21.8 Å². The topological polar surface area (TPSA) is 72.0 Å². The van der Waals surface area contributed by atoms with Crippen molar-refractivity contribution in [2.24, 2.45) is 0 Å². The lowest BCUT2D eigenvalue weighted by atomic mass is 9.87. The zero-order chi connectivity index (χ0) is 17.0. The predicted molar refractivity (Wildman–Crippen MR) is 99.3 cm³/mol. The molecule has 0 saturated heterocycles. The van der Waals surface area contributed by atoms with Crippen LogP contribution in [-0.4, -0.2) is 20.2 Å². The number of aromatic amines is 2. The van der Waals surface area contributed by atoms with E-state index >= 15 is 0 Å². The van der Waals surface area contributed by atoms with E-state index in [1.165, 1.54) is 23.2 Å². The third-order valence-corrected chi connectivity index (χ3v) is 5.49. The second kappa shape index (κ2) is 5.31. The molecule has 4 nitrogen and oxygen atoms in total. The Morgan fingerprint density at radius 2 is 1.64 bits per heavy atom. The lowest BCUT2D eigenvalue weighted by Crippen LogP contribution is -2.00. The molecule has 1 atom stereocenters. The summed E-state index contributed by atoms with van der Waals surface area (Å²) in [6.45, 7) is 0. The fraction of sp³-hybridized carbons (Fsp3) is 0.238. The third kappa shape index (κ3) is 2.21. The van der Waals surface area contributed by atoms with Crippen molar-refractivity contribution in [3.8, 4) is 11.5 Å². The molecule has 0 radical (unpaired) electrons. The predicted octanol–water partition coefficient (Wildman–Crippen LogP) is 4.92. The summed E-state index contributed by atoms with van der Waals surface area (Å²) in [6, 6.07) is 11.0. The molecule has 126 valence electrons. The molecule has 1 aliphatic carbocycles. The first-order chi connectivity index (χ1) is 12.2. The number of fused-ring (bicyclic) bond motifs is 4. The van der Waals surface area contributed by atoms with Crippen LogP contribution in [0.1, 0.15) is 42.0 Å². The van der Waals surface area contributed by atoms with Crippen molar-refractivity contribution in [1.29, 1.82) is 0 Å². The van der Waals surface area contributed by atoms with E-state index in [2.05, 4.69) is 16.2 Å². The Labute approximate surface area is 145 Å². The molecule has 0 spiro atoms. The maximum atomic E-state index is 9.99. The van der Waals surface area contributed by atoms with E-state index in [0.29, 0.717) is 11.5 Å². The quantitative estimate of drug-likeness (QED) is 0.374. The van der Waals surface area contributed by atoms with E-state index in [4.69, 9.17) is 0 Å². The van der Waals surface area contributed by atoms with Crippen LogP contribution in [0.5, 0.6) is 11.5 Å². The Morgan fingerprint density at radius 1 is 0.880 bits per heavy atom. The summed E-state index contributed by atoms with van der Waals surface area (Å²) < 4.78 is 0. The standard InChI is InChI=1S/C21H20N2O2/c24-12-5-7-18-15(9-12)17(11-22-18)14-3-1-2-4-20-21(14)16-10-13(25)6-8-19(16)23-20/h5-11,14,22-25H,1-4H2. The highest BCUT2D eigenvalue weighted by molar-refractivity contribution is 5.90. The summed E-state index contributed by atoms with van der Waals surface area (Å²) in [5.74, 6) is 0.844. The third-order valence-electron chi connectivity index (χ3n) is 5.49. The Hall–Kier alpha value is -2.88. The van der Waals surface area contributed by atoms with Gasteiger partial charge in [0.15, 0.2) is 0 Å². The SMILES string of the molecule is Oc1ccc2[nH]cc(C3CCCCc4[nH]c5ccc(O)cc5c43)c2c1. The first-order valence-corrected chi connectivity index (χ1v) is 8.84. The normalized spacial score (nSPS) is 17.7. The second-order valence-electron chi connectivity index (χ2n) is 7.02. The fourth-order valence-corrected chi connectivity index (χ4v) is 4.38. The monoisotopic (exact) mass is 332 g/mol. The van der Waals surface area contributed by atoms with E-state index < -0.39 is 0 Å². The summed E-state index contributed by atoms with van der Waals surface area (Å²) in [5.41, 5.74) is 5.92. The molecule has 1 aliphatic rings. The number of rotatable bonds is 1. The minimum absolute atomic E-state index is 0.253. The fourth-order valence-electron chi connectivity index (χ4n) is 4.38. The molecule has 4 aromatic rings. The van der Waals surface area contributed by atoms with Crippen LogP contribution in [0.15, 0.2) is 42.6 Å². The maximum absolute atomic E-state index is 9.99. The molecule has 4 heteroatoms. The van der Waals surface area contributed by atoms with Crippen molar-refractivity contribution in [3.63, 3.8) is 0 Å². The Kier molecular flexibility index (Phi) is 3.07. The van der Waals surface area contributed by atoms with Gasteiger partial charge < -0.3 is 20.2 Å². The van der Waals surface area contributed by atoms with E-state index in [1.54, 1.807) is 12.1 Å². The van der Waals surface area contributed by atoms with Crippen LogP contribution in [0, 0.1) is 0 Å². The molecule has 2 aromatic carbocycles. The molecule has 0 bridgehead atoms. The molecule has 1 unspecified atom stereocenters. The van der Waals surface area contributed by atoms with E-state index in [1.807, 2.05) is 24.3 Å². The largest absolute Gasteiger partial charge is 0.508 e. The van der Waals surface area contributed by atoms with Crippen molar-refractivity contribution in [2.75, 3.05) is 0 Å². The van der Waals surface area contributed by atoms with Crippen molar-refractivity contribution < 1.29 is 10.2 Å². The number of benzene rings is 2. The number of phenols is 2. The number of aryl methyl sites for hydroxylation is 1. The highest BCUT2D eigenvalue weighted by atomic mass is 16.3. The molecule has 0 fully saturated rings. The van der Waals surface area contributed by atoms with Crippen LogP contribution in [0.4, 0.5) is 0 Å². The number of phenolic OH excluding ortho intramolecular Hbond substituents is 2. The number of hydrogen-bond donors (Lipinski definition) is 4. The molecule has 2 aromatic heterocycles. The van der Waals surface area contributed by atoms with Gasteiger partial charge in [-0.15, -0.1) is 0 Å².